The van der Waals surface area contributed by atoms with Gasteiger partial charge in [0.1, 0.15) is 42.7 Å². The molecule has 1 saturated carbocycles. The van der Waals surface area contributed by atoms with Crippen molar-refractivity contribution in [3.05, 3.63) is 0 Å². The molecule has 0 aromatic heterocycles. The van der Waals surface area contributed by atoms with Crippen LogP contribution in [0, 0.1) is 0 Å². The molecule has 4 fully saturated rings. The molecule has 0 aromatic rings. The van der Waals surface area contributed by atoms with Gasteiger partial charge in [0.15, 0.2) is 12.4 Å². The second-order valence-corrected chi connectivity index (χ2v) is 9.63. The fraction of sp³-hybridized carbons (Fsp3) is 1.00. The Balaban J connectivity index is 1.60. The monoisotopic (exact) mass is 511 g/mol. The SMILES string of the molecule is CN[C@H]1C[C@@H](N)[C@H](O)[C@@H](O[C@@H]2O[C@H](CO)[C@H](O)[C@@H]3O[C@@]4(O[C@H]23)O[C@H](C(N)CO)[C@H](O)[C@H](O)[C@H]4O)C1. The zero-order valence-corrected chi connectivity index (χ0v) is 19.2. The summed E-state index contributed by atoms with van der Waals surface area (Å²) in [6.07, 6.45) is -14.3. The minimum absolute atomic E-state index is 0.0510. The summed E-state index contributed by atoms with van der Waals surface area (Å²) < 4.78 is 29.0. The summed E-state index contributed by atoms with van der Waals surface area (Å²) in [5.74, 6) is -2.41. The van der Waals surface area contributed by atoms with Crippen molar-refractivity contribution in [2.75, 3.05) is 20.3 Å². The highest BCUT2D eigenvalue weighted by Gasteiger charge is 2.67. The molecule has 4 rings (SSSR count). The number of aliphatic hydroxyl groups is 7. The van der Waals surface area contributed by atoms with Crippen LogP contribution >= 0.6 is 0 Å². The maximum atomic E-state index is 10.7. The molecule has 0 amide bonds. The van der Waals surface area contributed by atoms with Crippen LogP contribution in [0.1, 0.15) is 12.8 Å². The number of hydrogen-bond acceptors (Lipinski definition) is 15. The van der Waals surface area contributed by atoms with Crippen LogP contribution < -0.4 is 16.8 Å². The summed E-state index contributed by atoms with van der Waals surface area (Å²) in [4.78, 5) is 0. The summed E-state index contributed by atoms with van der Waals surface area (Å²) in [7, 11) is 1.75. The van der Waals surface area contributed by atoms with Crippen LogP contribution in [0.5, 0.6) is 0 Å². The van der Waals surface area contributed by atoms with Gasteiger partial charge in [-0.3, -0.25) is 0 Å². The molecule has 0 bridgehead atoms. The fourth-order valence-electron chi connectivity index (χ4n) is 5.18. The average Bonchev–Trinajstić information content (AvgIpc) is 3.25. The van der Waals surface area contributed by atoms with Gasteiger partial charge in [0.2, 0.25) is 0 Å². The van der Waals surface area contributed by atoms with Crippen molar-refractivity contribution in [1.82, 2.24) is 5.32 Å². The van der Waals surface area contributed by atoms with Crippen molar-refractivity contribution in [1.29, 1.82) is 0 Å². The first kappa shape index (κ1) is 27.4. The standard InChI is InChI=1S/C20H37N3O12/c1-23-6-2-7(21)11(26)9(3-6)31-19-17-16(12(27)10(5-25)32-19)34-20(35-17)18(30)14(29)13(28)15(33-20)8(22)4-24/h6-19,23-30H,2-5,21-22H2,1H3/t6-,7+,8?,9-,10+,11-,12-,13+,14-,15+,16-,17-,18+,19+,20-/m0/s1. The van der Waals surface area contributed by atoms with Crippen molar-refractivity contribution >= 4 is 0 Å². The number of fused-ring (bicyclic) bond motifs is 1. The molecule has 1 spiro atoms. The zero-order chi connectivity index (χ0) is 25.7. The summed E-state index contributed by atoms with van der Waals surface area (Å²) in [5, 5.41) is 75.0. The molecule has 4 aliphatic rings. The van der Waals surface area contributed by atoms with Gasteiger partial charge in [0.25, 0.3) is 0 Å². The minimum atomic E-state index is -2.41. The molecule has 1 unspecified atom stereocenters. The third kappa shape index (κ3) is 4.85. The Morgan fingerprint density at radius 1 is 0.971 bits per heavy atom. The van der Waals surface area contributed by atoms with Crippen LogP contribution in [0.15, 0.2) is 0 Å². The lowest BCUT2D eigenvalue weighted by molar-refractivity contribution is -0.439. The van der Waals surface area contributed by atoms with Gasteiger partial charge in [0, 0.05) is 12.1 Å². The molecule has 0 radical (unpaired) electrons. The number of aliphatic hydroxyl groups excluding tert-OH is 7. The maximum Gasteiger partial charge on any atom is 0.314 e. The molecule has 3 heterocycles. The van der Waals surface area contributed by atoms with E-state index >= 15 is 0 Å². The van der Waals surface area contributed by atoms with Gasteiger partial charge in [0.05, 0.1) is 31.5 Å². The van der Waals surface area contributed by atoms with Crippen LogP contribution in [-0.2, 0) is 23.7 Å². The van der Waals surface area contributed by atoms with Crippen molar-refractivity contribution in [3.63, 3.8) is 0 Å². The van der Waals surface area contributed by atoms with E-state index in [0.717, 1.165) is 0 Å². The van der Waals surface area contributed by atoms with Gasteiger partial charge >= 0.3 is 5.97 Å². The number of rotatable bonds is 6. The predicted molar refractivity (Wildman–Crippen MR) is 113 cm³/mol. The molecule has 1 aliphatic carbocycles. The first-order chi connectivity index (χ1) is 16.6. The predicted octanol–water partition coefficient (Wildman–Crippen LogP) is -6.24. The van der Waals surface area contributed by atoms with E-state index in [-0.39, 0.29) is 6.04 Å². The highest BCUT2D eigenvalue weighted by atomic mass is 16.9. The Kier molecular flexibility index (Phi) is 8.34. The fourth-order valence-corrected chi connectivity index (χ4v) is 5.18. The normalized spacial score (nSPS) is 53.5. The van der Waals surface area contributed by atoms with Gasteiger partial charge in [-0.1, -0.05) is 0 Å². The van der Waals surface area contributed by atoms with E-state index in [1.54, 1.807) is 7.05 Å². The summed E-state index contributed by atoms with van der Waals surface area (Å²) >= 11 is 0. The van der Waals surface area contributed by atoms with E-state index in [2.05, 4.69) is 5.32 Å². The zero-order valence-electron chi connectivity index (χ0n) is 19.2. The van der Waals surface area contributed by atoms with Crippen molar-refractivity contribution in [2.24, 2.45) is 11.5 Å². The Hall–Kier alpha value is -0.600. The van der Waals surface area contributed by atoms with Gasteiger partial charge in [-0.2, -0.15) is 0 Å². The Bertz CT molecular complexity index is 725. The molecule has 0 aromatic carbocycles. The molecular formula is C20H37N3O12. The van der Waals surface area contributed by atoms with E-state index in [9.17, 15) is 35.7 Å². The summed E-state index contributed by atoms with van der Waals surface area (Å²) in [6.45, 7) is -1.24. The molecule has 35 heavy (non-hydrogen) atoms. The maximum absolute atomic E-state index is 10.7. The van der Waals surface area contributed by atoms with Gasteiger partial charge in [-0.05, 0) is 19.9 Å². The number of nitrogens with two attached hydrogens (primary N) is 2. The van der Waals surface area contributed by atoms with Crippen LogP contribution in [0.2, 0.25) is 0 Å². The second kappa shape index (κ2) is 10.6. The first-order valence-electron chi connectivity index (χ1n) is 11.7. The van der Waals surface area contributed by atoms with E-state index in [1.165, 1.54) is 0 Å². The van der Waals surface area contributed by atoms with Gasteiger partial charge in [-0.15, -0.1) is 0 Å². The molecule has 12 N–H and O–H groups in total. The van der Waals surface area contributed by atoms with Gasteiger partial charge < -0.3 is 76.2 Å². The first-order valence-corrected chi connectivity index (χ1v) is 11.7. The smallest absolute Gasteiger partial charge is 0.314 e. The minimum Gasteiger partial charge on any atom is -0.395 e. The lowest BCUT2D eigenvalue weighted by Crippen LogP contribution is -2.68. The quantitative estimate of drug-likeness (QED) is 0.159. The van der Waals surface area contributed by atoms with Crippen molar-refractivity contribution in [2.45, 2.75) is 104 Å². The largest absolute Gasteiger partial charge is 0.395 e. The highest BCUT2D eigenvalue weighted by molar-refractivity contribution is 5.04. The highest BCUT2D eigenvalue weighted by Crippen LogP contribution is 2.45. The molecule has 15 nitrogen and oxygen atoms in total. The average molecular weight is 512 g/mol. The second-order valence-electron chi connectivity index (χ2n) is 9.63. The Labute approximate surface area is 201 Å². The van der Waals surface area contributed by atoms with Crippen LogP contribution in [-0.4, -0.2) is 147 Å². The molecule has 3 aliphatic heterocycles. The Morgan fingerprint density at radius 2 is 1.66 bits per heavy atom. The molecule has 15 atom stereocenters. The topological polar surface area (TPSA) is 252 Å². The molecule has 15 heteroatoms. The lowest BCUT2D eigenvalue weighted by atomic mass is 9.86. The van der Waals surface area contributed by atoms with E-state index in [4.69, 9.17) is 35.2 Å². The third-order valence-electron chi connectivity index (χ3n) is 7.31. The Morgan fingerprint density at radius 3 is 2.29 bits per heavy atom. The van der Waals surface area contributed by atoms with Crippen LogP contribution in [0.3, 0.4) is 0 Å². The molecule has 204 valence electrons. The number of ether oxygens (including phenoxy) is 5. The number of hydrogen-bond donors (Lipinski definition) is 10. The van der Waals surface area contributed by atoms with Crippen molar-refractivity contribution < 1.29 is 59.4 Å². The third-order valence-corrected chi connectivity index (χ3v) is 7.31. The van der Waals surface area contributed by atoms with E-state index < -0.39 is 98.6 Å². The van der Waals surface area contributed by atoms with Crippen molar-refractivity contribution in [3.8, 4) is 0 Å². The molecule has 3 saturated heterocycles. The van der Waals surface area contributed by atoms with E-state index in [1.807, 2.05) is 0 Å². The van der Waals surface area contributed by atoms with Crippen LogP contribution in [0.25, 0.3) is 0 Å². The van der Waals surface area contributed by atoms with Gasteiger partial charge in [-0.25, -0.2) is 0 Å². The number of nitrogens with one attached hydrogen (secondary N) is 1. The molecular weight excluding hydrogens is 474 g/mol. The summed E-state index contributed by atoms with van der Waals surface area (Å²) in [6, 6.07) is -1.81. The van der Waals surface area contributed by atoms with E-state index in [0.29, 0.717) is 12.8 Å². The summed E-state index contributed by atoms with van der Waals surface area (Å²) in [5.41, 5.74) is 11.9. The van der Waals surface area contributed by atoms with Crippen LogP contribution in [0.4, 0.5) is 0 Å². The lowest BCUT2D eigenvalue weighted by Gasteiger charge is -2.46.